The fraction of sp³-hybridized carbons (Fsp3) is 0.395. The van der Waals surface area contributed by atoms with Crippen LogP contribution in [0, 0.1) is 13.8 Å². The van der Waals surface area contributed by atoms with Crippen molar-refractivity contribution in [2.24, 2.45) is 0 Å². The Kier molecular flexibility index (Phi) is 10.9. The highest BCUT2D eigenvalue weighted by Gasteiger charge is 2.20. The van der Waals surface area contributed by atoms with Crippen molar-refractivity contribution >= 4 is 22.9 Å². The summed E-state index contributed by atoms with van der Waals surface area (Å²) in [6, 6.07) is 19.3. The van der Waals surface area contributed by atoms with Crippen molar-refractivity contribution in [2.75, 3.05) is 30.6 Å². The average Bonchev–Trinajstić information content (AvgIpc) is 3.63. The van der Waals surface area contributed by atoms with Crippen LogP contribution in [0.3, 0.4) is 0 Å². The van der Waals surface area contributed by atoms with Gasteiger partial charge in [-0.2, -0.15) is 5.10 Å². The molecule has 5 aromatic rings. The molecule has 0 radical (unpaired) electrons. The van der Waals surface area contributed by atoms with Gasteiger partial charge in [0, 0.05) is 28.4 Å². The van der Waals surface area contributed by atoms with Crippen LogP contribution >= 0.6 is 0 Å². The van der Waals surface area contributed by atoms with Crippen molar-refractivity contribution in [3.8, 4) is 28.6 Å². The predicted molar refractivity (Wildman–Crippen MR) is 192 cm³/mol. The third-order valence-corrected chi connectivity index (χ3v) is 7.86. The minimum Gasteiger partial charge on any atom is -0.493 e. The third kappa shape index (κ3) is 8.67. The Balaban J connectivity index is 1.42. The van der Waals surface area contributed by atoms with Gasteiger partial charge in [0.25, 0.3) is 5.91 Å². The van der Waals surface area contributed by atoms with E-state index in [1.807, 2.05) is 74.5 Å². The summed E-state index contributed by atoms with van der Waals surface area (Å²) >= 11 is 0. The van der Waals surface area contributed by atoms with Gasteiger partial charge in [0.1, 0.15) is 5.75 Å². The highest BCUT2D eigenvalue weighted by molar-refractivity contribution is 6.06. The van der Waals surface area contributed by atoms with E-state index in [1.165, 1.54) is 0 Å². The van der Waals surface area contributed by atoms with Gasteiger partial charge in [0.2, 0.25) is 0 Å². The SMILES string of the molecule is CCCCOc1ccc(C)cc1OCNc1cc(NC(=O)c2cc(C)ccc2OCCCC)cc(-c2nn3nc(C(C)(C)C)cc3[nH]2)c1. The second kappa shape index (κ2) is 15.3. The van der Waals surface area contributed by atoms with Crippen molar-refractivity contribution in [1.82, 2.24) is 19.8 Å². The third-order valence-electron chi connectivity index (χ3n) is 7.86. The number of benzene rings is 3. The highest BCUT2D eigenvalue weighted by atomic mass is 16.5. The Bertz CT molecular complexity index is 1820. The second-order valence-corrected chi connectivity index (χ2v) is 13.2. The van der Waals surface area contributed by atoms with Gasteiger partial charge in [-0.3, -0.25) is 4.79 Å². The lowest BCUT2D eigenvalue weighted by Gasteiger charge is -2.16. The molecule has 0 fully saturated rings. The maximum absolute atomic E-state index is 13.7. The van der Waals surface area contributed by atoms with Gasteiger partial charge in [-0.1, -0.05) is 65.2 Å². The monoisotopic (exact) mass is 652 g/mol. The summed E-state index contributed by atoms with van der Waals surface area (Å²) in [5.74, 6) is 2.29. The number of unbranched alkanes of at least 4 members (excludes halogenated alkanes) is 2. The average molecular weight is 653 g/mol. The number of hydrogen-bond acceptors (Lipinski definition) is 7. The van der Waals surface area contributed by atoms with Gasteiger partial charge in [0.05, 0.1) is 24.5 Å². The van der Waals surface area contributed by atoms with Crippen LogP contribution in [0.4, 0.5) is 11.4 Å². The molecule has 10 heteroatoms. The van der Waals surface area contributed by atoms with E-state index >= 15 is 0 Å². The number of anilines is 2. The van der Waals surface area contributed by atoms with Crippen LogP contribution in [0.5, 0.6) is 17.2 Å². The minimum atomic E-state index is -0.262. The molecule has 0 aliphatic carbocycles. The van der Waals surface area contributed by atoms with Crippen LogP contribution in [0.25, 0.3) is 17.0 Å². The molecule has 3 N–H and O–H groups in total. The number of H-pyrrole nitrogens is 1. The molecule has 0 unspecified atom stereocenters. The van der Waals surface area contributed by atoms with Crippen molar-refractivity contribution in [3.05, 3.63) is 83.0 Å². The summed E-state index contributed by atoms with van der Waals surface area (Å²) in [5, 5.41) is 15.9. The van der Waals surface area contributed by atoms with Crippen LogP contribution in [-0.2, 0) is 5.41 Å². The Morgan fingerprint density at radius 2 is 1.46 bits per heavy atom. The number of amides is 1. The van der Waals surface area contributed by atoms with Gasteiger partial charge < -0.3 is 29.8 Å². The van der Waals surface area contributed by atoms with Gasteiger partial charge >= 0.3 is 0 Å². The van der Waals surface area contributed by atoms with Gasteiger partial charge in [0.15, 0.2) is 29.7 Å². The number of aryl methyl sites for hydroxylation is 2. The Morgan fingerprint density at radius 1 is 0.792 bits per heavy atom. The standard InChI is InChI=1S/C38H48N6O4/c1-8-10-16-46-31-14-12-25(3)18-30(31)37(45)40-29-21-27(36-41-35-23-34(38(5,6)7)42-44(35)43-36)20-28(22-29)39-24-48-33-19-26(4)13-15-32(33)47-17-11-9-2/h12-15,18-23,39H,8-11,16-17,24H2,1-7H3,(H,40,45)(H,41,43). The molecule has 0 saturated heterocycles. The van der Waals surface area contributed by atoms with E-state index in [0.717, 1.165) is 59.4 Å². The van der Waals surface area contributed by atoms with Crippen molar-refractivity contribution in [3.63, 3.8) is 0 Å². The molecule has 0 atom stereocenters. The number of nitrogens with zero attached hydrogens (tertiary/aromatic N) is 3. The molecule has 2 aromatic heterocycles. The first kappa shape index (κ1) is 34.3. The molecule has 0 saturated carbocycles. The number of aromatic amines is 1. The smallest absolute Gasteiger partial charge is 0.259 e. The number of hydrogen-bond donors (Lipinski definition) is 3. The maximum Gasteiger partial charge on any atom is 0.259 e. The predicted octanol–water partition coefficient (Wildman–Crippen LogP) is 8.70. The van der Waals surface area contributed by atoms with Crippen molar-refractivity contribution in [1.29, 1.82) is 0 Å². The molecular weight excluding hydrogens is 604 g/mol. The summed E-state index contributed by atoms with van der Waals surface area (Å²) < 4.78 is 19.8. The molecule has 5 rings (SSSR count). The van der Waals surface area contributed by atoms with Crippen LogP contribution < -0.4 is 24.8 Å². The molecule has 0 bridgehead atoms. The Hall–Kier alpha value is -4.99. The number of nitrogens with one attached hydrogen (secondary N) is 3. The maximum atomic E-state index is 13.7. The lowest BCUT2D eigenvalue weighted by atomic mass is 9.93. The zero-order valence-corrected chi connectivity index (χ0v) is 29.2. The molecule has 3 aromatic carbocycles. The number of rotatable bonds is 15. The first-order chi connectivity index (χ1) is 23.0. The van der Waals surface area contributed by atoms with E-state index in [-0.39, 0.29) is 18.1 Å². The number of ether oxygens (including phenoxy) is 3. The van der Waals surface area contributed by atoms with Crippen LogP contribution in [0.1, 0.15) is 87.5 Å². The zero-order valence-electron chi connectivity index (χ0n) is 29.2. The van der Waals surface area contributed by atoms with E-state index in [1.54, 1.807) is 4.63 Å². The summed E-state index contributed by atoms with van der Waals surface area (Å²) in [4.78, 5) is 17.1. The Morgan fingerprint density at radius 3 is 2.15 bits per heavy atom. The number of fused-ring (bicyclic) bond motifs is 1. The molecular formula is C38H48N6O4. The largest absolute Gasteiger partial charge is 0.493 e. The van der Waals surface area contributed by atoms with Crippen LogP contribution in [-0.4, -0.2) is 45.7 Å². The molecule has 0 aliphatic rings. The quantitative estimate of drug-likeness (QED) is 0.0766. The van der Waals surface area contributed by atoms with E-state index in [0.29, 0.717) is 47.5 Å². The normalized spacial score (nSPS) is 11.5. The number of carbonyl (C=O) groups excluding carboxylic acids is 1. The Labute approximate surface area is 283 Å². The second-order valence-electron chi connectivity index (χ2n) is 13.2. The molecule has 48 heavy (non-hydrogen) atoms. The van der Waals surface area contributed by atoms with Crippen molar-refractivity contribution < 1.29 is 19.0 Å². The van der Waals surface area contributed by atoms with Crippen LogP contribution in [0.15, 0.2) is 60.7 Å². The van der Waals surface area contributed by atoms with Crippen LogP contribution in [0.2, 0.25) is 0 Å². The van der Waals surface area contributed by atoms with E-state index < -0.39 is 0 Å². The topological polar surface area (TPSA) is 115 Å². The lowest BCUT2D eigenvalue weighted by Crippen LogP contribution is -2.15. The zero-order chi connectivity index (χ0) is 34.3. The summed E-state index contributed by atoms with van der Waals surface area (Å²) in [6.45, 7) is 15.9. The first-order valence-corrected chi connectivity index (χ1v) is 16.8. The van der Waals surface area contributed by atoms with E-state index in [4.69, 9.17) is 19.3 Å². The molecule has 1 amide bonds. The molecule has 2 heterocycles. The number of carbonyl (C=O) groups is 1. The van der Waals surface area contributed by atoms with Gasteiger partial charge in [-0.25, -0.2) is 0 Å². The fourth-order valence-electron chi connectivity index (χ4n) is 5.05. The molecule has 0 spiro atoms. The summed E-state index contributed by atoms with van der Waals surface area (Å²) in [5.41, 5.74) is 6.23. The number of aromatic nitrogens is 4. The molecule has 10 nitrogen and oxygen atoms in total. The van der Waals surface area contributed by atoms with Gasteiger partial charge in [-0.05, 0) is 74.7 Å². The lowest BCUT2D eigenvalue weighted by molar-refractivity contribution is 0.102. The molecule has 254 valence electrons. The van der Waals surface area contributed by atoms with Gasteiger partial charge in [-0.15, -0.1) is 9.73 Å². The summed E-state index contributed by atoms with van der Waals surface area (Å²) in [7, 11) is 0. The fourth-order valence-corrected chi connectivity index (χ4v) is 5.05. The molecule has 0 aliphatic heterocycles. The van der Waals surface area contributed by atoms with Crippen molar-refractivity contribution in [2.45, 2.75) is 79.6 Å². The van der Waals surface area contributed by atoms with E-state index in [2.05, 4.69) is 55.3 Å². The van der Waals surface area contributed by atoms with E-state index in [9.17, 15) is 4.79 Å². The summed E-state index contributed by atoms with van der Waals surface area (Å²) in [6.07, 6.45) is 3.94. The highest BCUT2D eigenvalue weighted by Crippen LogP contribution is 2.31. The first-order valence-electron chi connectivity index (χ1n) is 16.8. The minimum absolute atomic E-state index is 0.108.